The highest BCUT2D eigenvalue weighted by molar-refractivity contribution is 8.14. The third kappa shape index (κ3) is 5.63. The predicted octanol–water partition coefficient (Wildman–Crippen LogP) is 2.23. The normalized spacial score (nSPS) is 10.4. The predicted molar refractivity (Wildman–Crippen MR) is 42.6 cm³/mol. The van der Waals surface area contributed by atoms with Crippen molar-refractivity contribution >= 4 is 16.9 Å². The van der Waals surface area contributed by atoms with Gasteiger partial charge in [-0.1, -0.05) is 31.7 Å². The van der Waals surface area contributed by atoms with E-state index in [1.807, 2.05) is 19.9 Å². The quantitative estimate of drug-likeness (QED) is 0.565. The number of carbonyl (C=O) groups excluding carboxylic acids is 1. The van der Waals surface area contributed by atoms with Crippen LogP contribution in [-0.4, -0.2) is 10.9 Å². The lowest BCUT2D eigenvalue weighted by Gasteiger charge is -1.85. The molecule has 0 amide bonds. The average molecular weight is 144 g/mol. The van der Waals surface area contributed by atoms with Crippen LogP contribution in [0.2, 0.25) is 0 Å². The van der Waals surface area contributed by atoms with Crippen molar-refractivity contribution in [3.8, 4) is 0 Å². The van der Waals surface area contributed by atoms with Crippen molar-refractivity contribution in [2.24, 2.45) is 0 Å². The van der Waals surface area contributed by atoms with Crippen LogP contribution in [-0.2, 0) is 4.79 Å². The van der Waals surface area contributed by atoms with Crippen LogP contribution in [0.25, 0.3) is 0 Å². The Kier molecular flexibility index (Phi) is 5.73. The lowest BCUT2D eigenvalue weighted by Crippen LogP contribution is -1.83. The van der Waals surface area contributed by atoms with Gasteiger partial charge in [-0.05, 0) is 18.2 Å². The molecule has 0 aromatic carbocycles. The SMILES string of the molecule is CC/C=C/C(=O)SCC. The summed E-state index contributed by atoms with van der Waals surface area (Å²) in [6.07, 6.45) is 4.45. The van der Waals surface area contributed by atoms with Gasteiger partial charge in [0.05, 0.1) is 0 Å². The molecule has 0 aliphatic carbocycles. The van der Waals surface area contributed by atoms with Crippen LogP contribution in [0.4, 0.5) is 0 Å². The first-order chi connectivity index (χ1) is 4.31. The van der Waals surface area contributed by atoms with E-state index < -0.39 is 0 Å². The van der Waals surface area contributed by atoms with Gasteiger partial charge in [-0.25, -0.2) is 0 Å². The minimum absolute atomic E-state index is 0.166. The van der Waals surface area contributed by atoms with Gasteiger partial charge in [0.15, 0.2) is 0 Å². The Balaban J connectivity index is 3.37. The third-order valence-corrected chi connectivity index (χ3v) is 1.49. The fraction of sp³-hybridized carbons (Fsp3) is 0.571. The summed E-state index contributed by atoms with van der Waals surface area (Å²) in [5.41, 5.74) is 0. The number of allylic oxidation sites excluding steroid dienone is 1. The van der Waals surface area contributed by atoms with E-state index in [0.29, 0.717) is 0 Å². The molecule has 52 valence electrons. The third-order valence-electron chi connectivity index (χ3n) is 0.776. The summed E-state index contributed by atoms with van der Waals surface area (Å²) in [6, 6.07) is 0. The van der Waals surface area contributed by atoms with Crippen LogP contribution in [0.15, 0.2) is 12.2 Å². The van der Waals surface area contributed by atoms with Crippen molar-refractivity contribution in [1.29, 1.82) is 0 Å². The van der Waals surface area contributed by atoms with E-state index in [1.54, 1.807) is 6.08 Å². The molecule has 0 unspecified atom stereocenters. The minimum Gasteiger partial charge on any atom is -0.282 e. The highest BCUT2D eigenvalue weighted by atomic mass is 32.2. The van der Waals surface area contributed by atoms with Crippen LogP contribution < -0.4 is 0 Å². The van der Waals surface area contributed by atoms with Crippen molar-refractivity contribution in [2.45, 2.75) is 20.3 Å². The van der Waals surface area contributed by atoms with Gasteiger partial charge in [0.25, 0.3) is 0 Å². The summed E-state index contributed by atoms with van der Waals surface area (Å²) in [4.78, 5) is 10.7. The Bertz CT molecular complexity index is 107. The Morgan fingerprint density at radius 2 is 2.22 bits per heavy atom. The Morgan fingerprint density at radius 3 is 2.67 bits per heavy atom. The smallest absolute Gasteiger partial charge is 0.211 e. The first kappa shape index (κ1) is 8.76. The molecule has 0 radical (unpaired) electrons. The molecule has 0 bridgehead atoms. The van der Waals surface area contributed by atoms with Crippen molar-refractivity contribution < 1.29 is 4.79 Å². The molecular weight excluding hydrogens is 132 g/mol. The van der Waals surface area contributed by atoms with Crippen LogP contribution in [0, 0.1) is 0 Å². The molecule has 0 heterocycles. The Labute approximate surface area is 60.5 Å². The summed E-state index contributed by atoms with van der Waals surface area (Å²) >= 11 is 1.35. The van der Waals surface area contributed by atoms with Gasteiger partial charge in [0.1, 0.15) is 0 Å². The first-order valence-corrected chi connectivity index (χ1v) is 4.13. The maximum absolute atomic E-state index is 10.7. The van der Waals surface area contributed by atoms with Gasteiger partial charge >= 0.3 is 0 Å². The highest BCUT2D eigenvalue weighted by Gasteiger charge is 1.90. The number of hydrogen-bond acceptors (Lipinski definition) is 2. The summed E-state index contributed by atoms with van der Waals surface area (Å²) in [5.74, 6) is 0.868. The minimum atomic E-state index is 0.166. The molecule has 0 saturated heterocycles. The summed E-state index contributed by atoms with van der Waals surface area (Å²) < 4.78 is 0. The van der Waals surface area contributed by atoms with Gasteiger partial charge in [0, 0.05) is 0 Å². The molecule has 9 heavy (non-hydrogen) atoms. The molecule has 2 heteroatoms. The van der Waals surface area contributed by atoms with Crippen molar-refractivity contribution in [1.82, 2.24) is 0 Å². The zero-order chi connectivity index (χ0) is 7.11. The summed E-state index contributed by atoms with van der Waals surface area (Å²) in [6.45, 7) is 3.99. The fourth-order valence-electron chi connectivity index (χ4n) is 0.404. The van der Waals surface area contributed by atoms with E-state index in [-0.39, 0.29) is 5.12 Å². The topological polar surface area (TPSA) is 17.1 Å². The number of thioether (sulfide) groups is 1. The zero-order valence-corrected chi connectivity index (χ0v) is 6.70. The second kappa shape index (κ2) is 5.89. The van der Waals surface area contributed by atoms with Gasteiger partial charge in [-0.3, -0.25) is 4.79 Å². The second-order valence-corrected chi connectivity index (χ2v) is 2.83. The molecule has 0 atom stereocenters. The van der Waals surface area contributed by atoms with Crippen molar-refractivity contribution in [3.05, 3.63) is 12.2 Å². The molecule has 0 aliphatic rings. The van der Waals surface area contributed by atoms with Crippen LogP contribution in [0.3, 0.4) is 0 Å². The van der Waals surface area contributed by atoms with E-state index in [0.717, 1.165) is 12.2 Å². The molecular formula is C7H12OS. The largest absolute Gasteiger partial charge is 0.282 e. The summed E-state index contributed by atoms with van der Waals surface area (Å²) in [5, 5.41) is 0.166. The van der Waals surface area contributed by atoms with Crippen LogP contribution in [0.5, 0.6) is 0 Å². The van der Waals surface area contributed by atoms with Crippen LogP contribution in [0.1, 0.15) is 20.3 Å². The summed E-state index contributed by atoms with van der Waals surface area (Å²) in [7, 11) is 0. The number of rotatable bonds is 3. The first-order valence-electron chi connectivity index (χ1n) is 3.14. The molecule has 0 N–H and O–H groups in total. The van der Waals surface area contributed by atoms with E-state index in [2.05, 4.69) is 0 Å². The van der Waals surface area contributed by atoms with E-state index in [4.69, 9.17) is 0 Å². The molecule has 0 rings (SSSR count). The standard InChI is InChI=1S/C7H12OS/c1-3-5-6-7(8)9-4-2/h5-6H,3-4H2,1-2H3/b6-5+. The molecule has 1 nitrogen and oxygen atoms in total. The second-order valence-electron chi connectivity index (χ2n) is 1.56. The molecule has 0 aliphatic heterocycles. The van der Waals surface area contributed by atoms with Gasteiger partial charge in [0.2, 0.25) is 5.12 Å². The van der Waals surface area contributed by atoms with E-state index in [9.17, 15) is 4.79 Å². The fourth-order valence-corrected chi connectivity index (χ4v) is 0.881. The number of hydrogen-bond donors (Lipinski definition) is 0. The maximum Gasteiger partial charge on any atom is 0.211 e. The molecule has 0 spiro atoms. The van der Waals surface area contributed by atoms with E-state index >= 15 is 0 Å². The Morgan fingerprint density at radius 1 is 1.56 bits per heavy atom. The van der Waals surface area contributed by atoms with Crippen molar-refractivity contribution in [3.63, 3.8) is 0 Å². The molecule has 0 aromatic heterocycles. The van der Waals surface area contributed by atoms with E-state index in [1.165, 1.54) is 11.8 Å². The van der Waals surface area contributed by atoms with Gasteiger partial charge in [-0.15, -0.1) is 0 Å². The average Bonchev–Trinajstić information content (AvgIpc) is 1.85. The highest BCUT2D eigenvalue weighted by Crippen LogP contribution is 2.01. The molecule has 0 fully saturated rings. The van der Waals surface area contributed by atoms with Gasteiger partial charge < -0.3 is 0 Å². The Hall–Kier alpha value is -0.240. The van der Waals surface area contributed by atoms with Crippen LogP contribution >= 0.6 is 11.8 Å². The lowest BCUT2D eigenvalue weighted by atomic mass is 10.4. The van der Waals surface area contributed by atoms with Gasteiger partial charge in [-0.2, -0.15) is 0 Å². The molecule has 0 aromatic rings. The monoisotopic (exact) mass is 144 g/mol. The molecule has 0 saturated carbocycles. The zero-order valence-electron chi connectivity index (χ0n) is 5.89. The van der Waals surface area contributed by atoms with Crippen molar-refractivity contribution in [2.75, 3.05) is 5.75 Å². The lowest BCUT2D eigenvalue weighted by molar-refractivity contribution is -0.107. The number of carbonyl (C=O) groups is 1. The maximum atomic E-state index is 10.7.